The summed E-state index contributed by atoms with van der Waals surface area (Å²) in [5, 5.41) is 16.2. The molecule has 0 amide bonds. The quantitative estimate of drug-likeness (QED) is 0.470. The number of halogens is 1. The van der Waals surface area contributed by atoms with Crippen LogP contribution in [0.5, 0.6) is 0 Å². The summed E-state index contributed by atoms with van der Waals surface area (Å²) in [4.78, 5) is 0. The van der Waals surface area contributed by atoms with Crippen LogP contribution in [0.2, 0.25) is 5.02 Å². The van der Waals surface area contributed by atoms with E-state index in [9.17, 15) is 0 Å². The summed E-state index contributed by atoms with van der Waals surface area (Å²) >= 11 is 7.50. The molecule has 0 saturated carbocycles. The van der Waals surface area contributed by atoms with Gasteiger partial charge in [-0.1, -0.05) is 64.9 Å². The summed E-state index contributed by atoms with van der Waals surface area (Å²) < 4.78 is 5.43. The Kier molecular flexibility index (Phi) is 4.19. The molecule has 24 heavy (non-hydrogen) atoms. The van der Waals surface area contributed by atoms with Crippen LogP contribution in [0.1, 0.15) is 5.76 Å². The third kappa shape index (κ3) is 3.13. The maximum atomic E-state index is 5.91. The molecule has 0 spiro atoms. The lowest BCUT2D eigenvalue weighted by Gasteiger charge is -2.02. The van der Waals surface area contributed by atoms with E-state index in [1.807, 2.05) is 54.6 Å². The Balaban J connectivity index is 1.53. The molecule has 0 aliphatic rings. The molecule has 4 rings (SSSR count). The van der Waals surface area contributed by atoms with E-state index in [2.05, 4.69) is 15.4 Å². The number of thioether (sulfide) groups is 1. The van der Waals surface area contributed by atoms with Crippen molar-refractivity contribution in [1.29, 1.82) is 0 Å². The van der Waals surface area contributed by atoms with Gasteiger partial charge in [-0.15, -0.1) is 5.10 Å². The van der Waals surface area contributed by atoms with Gasteiger partial charge in [-0.3, -0.25) is 0 Å². The van der Waals surface area contributed by atoms with E-state index in [0.29, 0.717) is 10.8 Å². The lowest BCUT2D eigenvalue weighted by molar-refractivity contribution is 0.397. The fourth-order valence-corrected chi connectivity index (χ4v) is 3.37. The number of nitrogens with zero attached hydrogens (tertiary/aromatic N) is 3. The third-order valence-corrected chi connectivity index (χ3v) is 4.84. The average Bonchev–Trinajstić information content (AvgIpc) is 3.09. The van der Waals surface area contributed by atoms with E-state index in [-0.39, 0.29) is 0 Å². The highest BCUT2D eigenvalue weighted by molar-refractivity contribution is 7.98. The second-order valence-corrected chi connectivity index (χ2v) is 6.61. The molecule has 0 bridgehead atoms. The Morgan fingerprint density at radius 3 is 2.75 bits per heavy atom. The van der Waals surface area contributed by atoms with Crippen LogP contribution in [-0.2, 0) is 5.75 Å². The van der Waals surface area contributed by atoms with Crippen LogP contribution >= 0.6 is 23.4 Å². The van der Waals surface area contributed by atoms with E-state index in [1.165, 1.54) is 0 Å². The number of aromatic nitrogens is 3. The zero-order valence-electron chi connectivity index (χ0n) is 12.5. The topological polar surface area (TPSA) is 51.8 Å². The molecule has 0 atom stereocenters. The van der Waals surface area contributed by atoms with Crippen LogP contribution in [0.15, 0.2) is 70.3 Å². The molecule has 0 radical (unpaired) electrons. The van der Waals surface area contributed by atoms with E-state index in [4.69, 9.17) is 16.1 Å². The molecule has 2 aromatic carbocycles. The highest BCUT2D eigenvalue weighted by atomic mass is 35.5. The van der Waals surface area contributed by atoms with Crippen LogP contribution in [0.4, 0.5) is 0 Å². The van der Waals surface area contributed by atoms with Crippen molar-refractivity contribution in [3.8, 4) is 11.3 Å². The lowest BCUT2D eigenvalue weighted by atomic mass is 10.1. The Morgan fingerprint density at radius 1 is 1.04 bits per heavy atom. The first kappa shape index (κ1) is 15.2. The molecule has 4 aromatic rings. The predicted octanol–water partition coefficient (Wildman–Crippen LogP) is 5.23. The van der Waals surface area contributed by atoms with Crippen molar-refractivity contribution in [2.45, 2.75) is 10.8 Å². The van der Waals surface area contributed by atoms with Gasteiger partial charge in [0.2, 0.25) is 0 Å². The number of benzene rings is 2. The minimum atomic E-state index is 0.642. The smallest absolute Gasteiger partial charge is 0.147 e. The summed E-state index contributed by atoms with van der Waals surface area (Å²) in [6.07, 6.45) is 1.77. The maximum absolute atomic E-state index is 5.91. The molecule has 0 unspecified atom stereocenters. The third-order valence-electron chi connectivity index (χ3n) is 3.59. The summed E-state index contributed by atoms with van der Waals surface area (Å²) in [6.45, 7) is 0. The molecule has 0 N–H and O–H groups in total. The van der Waals surface area contributed by atoms with Crippen molar-refractivity contribution in [1.82, 2.24) is 15.4 Å². The van der Waals surface area contributed by atoms with Crippen LogP contribution in [-0.4, -0.2) is 15.4 Å². The molecular formula is C18H12ClN3OS. The largest absolute Gasteiger partial charge is 0.360 e. The van der Waals surface area contributed by atoms with E-state index >= 15 is 0 Å². The second kappa shape index (κ2) is 6.63. The van der Waals surface area contributed by atoms with Gasteiger partial charge in [-0.05, 0) is 12.1 Å². The Morgan fingerprint density at radius 2 is 1.88 bits per heavy atom. The average molecular weight is 354 g/mol. The number of hydrogen-bond donors (Lipinski definition) is 0. The molecule has 0 fully saturated rings. The molecule has 4 nitrogen and oxygen atoms in total. The van der Waals surface area contributed by atoms with Gasteiger partial charge in [0.1, 0.15) is 16.5 Å². The molecule has 118 valence electrons. The van der Waals surface area contributed by atoms with E-state index < -0.39 is 0 Å². The van der Waals surface area contributed by atoms with Crippen molar-refractivity contribution in [3.05, 3.63) is 71.6 Å². The van der Waals surface area contributed by atoms with Crippen LogP contribution < -0.4 is 0 Å². The molecule has 0 aliphatic carbocycles. The van der Waals surface area contributed by atoms with Crippen molar-refractivity contribution < 1.29 is 4.52 Å². The zero-order valence-corrected chi connectivity index (χ0v) is 14.1. The van der Waals surface area contributed by atoms with Crippen molar-refractivity contribution in [2.75, 3.05) is 0 Å². The summed E-state index contributed by atoms with van der Waals surface area (Å²) in [5.41, 5.74) is 1.77. The lowest BCUT2D eigenvalue weighted by Crippen LogP contribution is -1.87. The number of fused-ring (bicyclic) bond motifs is 1. The van der Waals surface area contributed by atoms with Crippen LogP contribution in [0.25, 0.3) is 22.0 Å². The number of rotatable bonds is 4. The minimum absolute atomic E-state index is 0.642. The van der Waals surface area contributed by atoms with Gasteiger partial charge in [-0.2, -0.15) is 5.10 Å². The van der Waals surface area contributed by atoms with Crippen LogP contribution in [0.3, 0.4) is 0 Å². The molecule has 2 aromatic heterocycles. The standard InChI is InChI=1S/C18H12ClN3OS/c19-14-7-5-12(6-8-14)17-9-15(23-22-17)11-24-18-16-4-2-1-3-13(16)10-20-21-18/h1-10H,11H2. The van der Waals surface area contributed by atoms with Gasteiger partial charge < -0.3 is 4.52 Å². The van der Waals surface area contributed by atoms with E-state index in [0.717, 1.165) is 32.8 Å². The molecule has 2 heterocycles. The Labute approximate surface area is 147 Å². The number of hydrogen-bond acceptors (Lipinski definition) is 5. The highest BCUT2D eigenvalue weighted by Gasteiger charge is 2.09. The molecule has 0 saturated heterocycles. The van der Waals surface area contributed by atoms with Gasteiger partial charge in [-0.25, -0.2) is 0 Å². The SMILES string of the molecule is Clc1ccc(-c2cc(CSc3nncc4ccccc34)on2)cc1. The maximum Gasteiger partial charge on any atom is 0.147 e. The summed E-state index contributed by atoms with van der Waals surface area (Å²) in [7, 11) is 0. The fourth-order valence-electron chi connectivity index (χ4n) is 2.39. The van der Waals surface area contributed by atoms with Gasteiger partial charge in [0.15, 0.2) is 0 Å². The van der Waals surface area contributed by atoms with Gasteiger partial charge in [0, 0.05) is 27.4 Å². The Bertz CT molecular complexity index is 980. The van der Waals surface area contributed by atoms with Gasteiger partial charge in [0.05, 0.1) is 11.9 Å². The highest BCUT2D eigenvalue weighted by Crippen LogP contribution is 2.29. The molecule has 6 heteroatoms. The molecule has 0 aliphatic heterocycles. The second-order valence-electron chi connectivity index (χ2n) is 5.21. The normalized spacial score (nSPS) is 11.0. The van der Waals surface area contributed by atoms with Gasteiger partial charge in [0.25, 0.3) is 0 Å². The van der Waals surface area contributed by atoms with Gasteiger partial charge >= 0.3 is 0 Å². The first-order valence-electron chi connectivity index (χ1n) is 7.34. The summed E-state index contributed by atoms with van der Waals surface area (Å²) in [6, 6.07) is 17.5. The minimum Gasteiger partial charge on any atom is -0.360 e. The monoisotopic (exact) mass is 353 g/mol. The first-order valence-corrected chi connectivity index (χ1v) is 8.71. The first-order chi connectivity index (χ1) is 11.8. The van der Waals surface area contributed by atoms with Crippen molar-refractivity contribution in [3.63, 3.8) is 0 Å². The van der Waals surface area contributed by atoms with Crippen molar-refractivity contribution in [2.24, 2.45) is 0 Å². The van der Waals surface area contributed by atoms with Crippen LogP contribution in [0, 0.1) is 0 Å². The zero-order chi connectivity index (χ0) is 16.4. The van der Waals surface area contributed by atoms with Crippen molar-refractivity contribution >= 4 is 34.1 Å². The Hall–Kier alpha value is -2.37. The predicted molar refractivity (Wildman–Crippen MR) is 96.0 cm³/mol. The molecular weight excluding hydrogens is 342 g/mol. The fraction of sp³-hybridized carbons (Fsp3) is 0.0556. The van der Waals surface area contributed by atoms with E-state index in [1.54, 1.807) is 18.0 Å². The summed E-state index contributed by atoms with van der Waals surface area (Å²) in [5.74, 6) is 1.43.